The molecule has 0 N–H and O–H groups in total. The van der Waals surface area contributed by atoms with Crippen LogP contribution in [-0.4, -0.2) is 43.8 Å². The Kier molecular flexibility index (Phi) is 7.01. The highest BCUT2D eigenvalue weighted by atomic mass is 32.2. The molecule has 0 aliphatic carbocycles. The minimum Gasteiger partial charge on any atom is -0.497 e. The number of carbonyl (C=O) groups is 1. The molecule has 0 unspecified atom stereocenters. The molecular weight excluding hydrogens is 476 g/mol. The number of fused-ring (bicyclic) bond motifs is 2. The molecule has 2 heterocycles. The van der Waals surface area contributed by atoms with E-state index >= 15 is 0 Å². The van der Waals surface area contributed by atoms with E-state index in [9.17, 15) is 4.79 Å². The van der Waals surface area contributed by atoms with Crippen LogP contribution in [0.3, 0.4) is 0 Å². The zero-order valence-corrected chi connectivity index (χ0v) is 23.5. The summed E-state index contributed by atoms with van der Waals surface area (Å²) in [7, 11) is -0.519. The van der Waals surface area contributed by atoms with Crippen molar-refractivity contribution in [1.29, 1.82) is 0 Å². The highest BCUT2D eigenvalue weighted by Crippen LogP contribution is 2.57. The summed E-state index contributed by atoms with van der Waals surface area (Å²) in [5, 5.41) is 0.0183. The van der Waals surface area contributed by atoms with Crippen LogP contribution in [0.1, 0.15) is 34.1 Å². The molecule has 35 heavy (non-hydrogen) atoms. The molecule has 188 valence electrons. The molecule has 7 heteroatoms. The molecule has 0 aromatic heterocycles. The Hall–Kier alpha value is -2.06. The van der Waals surface area contributed by atoms with E-state index in [1.807, 2.05) is 61.5 Å². The van der Waals surface area contributed by atoms with Gasteiger partial charge in [-0.3, -0.25) is 4.79 Å². The summed E-state index contributed by atoms with van der Waals surface area (Å²) in [5.41, 5.74) is -1.18. The molecule has 2 aliphatic heterocycles. The summed E-state index contributed by atoms with van der Waals surface area (Å²) in [6.07, 6.45) is 3.42. The van der Waals surface area contributed by atoms with Crippen molar-refractivity contribution < 1.29 is 23.4 Å². The van der Waals surface area contributed by atoms with E-state index in [0.29, 0.717) is 12.2 Å². The van der Waals surface area contributed by atoms with Gasteiger partial charge in [0.05, 0.1) is 25.6 Å². The molecule has 2 saturated heterocycles. The van der Waals surface area contributed by atoms with Crippen LogP contribution in [-0.2, 0) is 14.0 Å². The molecule has 0 spiro atoms. The van der Waals surface area contributed by atoms with Gasteiger partial charge in [0.25, 0.3) is 0 Å². The molecule has 0 radical (unpaired) electrons. The number of Topliss-reactive ketones (excluding diaryl/α,β-unsaturated/α-hetero) is 1. The lowest BCUT2D eigenvalue weighted by Gasteiger charge is -2.43. The number of hydrogen-bond donors (Lipinski definition) is 0. The number of methoxy groups -OCH3 is 1. The van der Waals surface area contributed by atoms with Gasteiger partial charge >= 0.3 is 0 Å². The smallest absolute Gasteiger partial charge is 0.192 e. The van der Waals surface area contributed by atoms with Gasteiger partial charge in [-0.15, -0.1) is 11.8 Å². The number of ether oxygens (including phenoxy) is 3. The quantitative estimate of drug-likeness (QED) is 0.292. The van der Waals surface area contributed by atoms with Crippen LogP contribution in [0.5, 0.6) is 11.5 Å². The van der Waals surface area contributed by atoms with Gasteiger partial charge in [0, 0.05) is 11.3 Å². The first-order valence-electron chi connectivity index (χ1n) is 12.0. The van der Waals surface area contributed by atoms with Crippen LogP contribution >= 0.6 is 11.8 Å². The van der Waals surface area contributed by atoms with Crippen LogP contribution in [0.2, 0.25) is 18.1 Å². The second kappa shape index (κ2) is 9.43. The molecule has 2 bridgehead atoms. The highest BCUT2D eigenvalue weighted by Gasteiger charge is 2.70. The van der Waals surface area contributed by atoms with Crippen LogP contribution in [0.4, 0.5) is 0 Å². The lowest BCUT2D eigenvalue weighted by molar-refractivity contribution is -0.132. The molecule has 0 saturated carbocycles. The van der Waals surface area contributed by atoms with Crippen LogP contribution < -0.4 is 9.47 Å². The molecule has 4 atom stereocenters. The average Bonchev–Trinajstić information content (AvgIpc) is 3.26. The summed E-state index contributed by atoms with van der Waals surface area (Å²) >= 11 is 1.58. The number of carbonyl (C=O) groups excluding carboxylic acids is 1. The van der Waals surface area contributed by atoms with Gasteiger partial charge in [0.2, 0.25) is 0 Å². The van der Waals surface area contributed by atoms with E-state index in [-0.39, 0.29) is 23.0 Å². The summed E-state index contributed by atoms with van der Waals surface area (Å²) in [6, 6.07) is 17.4. The van der Waals surface area contributed by atoms with Crippen LogP contribution in [0.15, 0.2) is 71.8 Å². The van der Waals surface area contributed by atoms with Crippen molar-refractivity contribution in [3.05, 3.63) is 66.9 Å². The lowest BCUT2D eigenvalue weighted by atomic mass is 9.78. The second-order valence-corrected chi connectivity index (χ2v) is 17.2. The standard InChI is InChI=1S/C28H36O5SSi/c1-26(2,3)35(6,7)33-24-19-23-27(4,34-22-11-9-8-10-12-22)25(29)28(24,32-23)17-18-31-21-15-13-20(30-5)14-16-21/h8-18,23-24H,19H2,1-7H3/b18-17+/t23-,24-,27-,28+/m1/s1. The average molecular weight is 513 g/mol. The van der Waals surface area contributed by atoms with E-state index in [1.165, 1.54) is 0 Å². The Bertz CT molecular complexity index is 1080. The monoisotopic (exact) mass is 512 g/mol. The Balaban J connectivity index is 1.63. The summed E-state index contributed by atoms with van der Waals surface area (Å²) in [5.74, 6) is 1.44. The van der Waals surface area contributed by atoms with Gasteiger partial charge in [-0.1, -0.05) is 39.0 Å². The zero-order valence-electron chi connectivity index (χ0n) is 21.7. The van der Waals surface area contributed by atoms with Gasteiger partial charge in [0.1, 0.15) is 16.2 Å². The zero-order chi connectivity index (χ0) is 25.5. The van der Waals surface area contributed by atoms with Gasteiger partial charge in [-0.05, 0) is 67.5 Å². The Labute approximate surface area is 214 Å². The first kappa shape index (κ1) is 26.0. The molecule has 2 aliphatic rings. The van der Waals surface area contributed by atoms with Crippen molar-refractivity contribution in [3.63, 3.8) is 0 Å². The van der Waals surface area contributed by atoms with Gasteiger partial charge in [-0.25, -0.2) is 0 Å². The molecule has 5 nitrogen and oxygen atoms in total. The second-order valence-electron chi connectivity index (χ2n) is 10.9. The molecule has 2 aromatic carbocycles. The van der Waals surface area contributed by atoms with Crippen molar-refractivity contribution >= 4 is 25.9 Å². The third-order valence-electron chi connectivity index (χ3n) is 7.56. The van der Waals surface area contributed by atoms with Crippen molar-refractivity contribution in [1.82, 2.24) is 0 Å². The third-order valence-corrected chi connectivity index (χ3v) is 13.4. The van der Waals surface area contributed by atoms with Gasteiger partial charge < -0.3 is 18.6 Å². The number of rotatable bonds is 8. The van der Waals surface area contributed by atoms with Gasteiger partial charge in [0.15, 0.2) is 19.7 Å². The predicted octanol–water partition coefficient (Wildman–Crippen LogP) is 6.64. The summed E-state index contributed by atoms with van der Waals surface area (Å²) in [4.78, 5) is 15.2. The molecule has 4 rings (SSSR count). The Morgan fingerprint density at radius 3 is 2.29 bits per heavy atom. The maximum absolute atomic E-state index is 14.2. The van der Waals surface area contributed by atoms with Crippen molar-refractivity contribution in [2.75, 3.05) is 7.11 Å². The number of ketones is 1. The van der Waals surface area contributed by atoms with Crippen LogP contribution in [0, 0.1) is 0 Å². The van der Waals surface area contributed by atoms with E-state index < -0.39 is 18.7 Å². The van der Waals surface area contributed by atoms with E-state index in [2.05, 4.69) is 33.9 Å². The Morgan fingerprint density at radius 2 is 1.69 bits per heavy atom. The normalized spacial score (nSPS) is 28.6. The SMILES string of the molecule is COc1ccc(O/C=C/[C@]23O[C@H](C[C@H]2O[Si](C)(C)C(C)(C)C)[C@@](C)(Sc2ccccc2)C3=O)cc1. The van der Waals surface area contributed by atoms with Gasteiger partial charge in [-0.2, -0.15) is 0 Å². The Morgan fingerprint density at radius 1 is 1.06 bits per heavy atom. The minimum atomic E-state index is -2.15. The molecular formula is C28H36O5SSi. The van der Waals surface area contributed by atoms with E-state index in [0.717, 1.165) is 10.6 Å². The largest absolute Gasteiger partial charge is 0.497 e. The van der Waals surface area contributed by atoms with E-state index in [1.54, 1.807) is 31.2 Å². The van der Waals surface area contributed by atoms with Crippen LogP contribution in [0.25, 0.3) is 0 Å². The van der Waals surface area contributed by atoms with E-state index in [4.69, 9.17) is 18.6 Å². The molecule has 0 amide bonds. The summed E-state index contributed by atoms with van der Waals surface area (Å²) < 4.78 is 23.7. The topological polar surface area (TPSA) is 54.0 Å². The summed E-state index contributed by atoms with van der Waals surface area (Å²) in [6.45, 7) is 13.1. The fourth-order valence-corrected chi connectivity index (χ4v) is 7.05. The van der Waals surface area contributed by atoms with Crippen molar-refractivity contribution in [3.8, 4) is 11.5 Å². The van der Waals surface area contributed by atoms with Crippen molar-refractivity contribution in [2.45, 2.75) is 79.7 Å². The lowest BCUT2D eigenvalue weighted by Crippen LogP contribution is -2.58. The van der Waals surface area contributed by atoms with Crippen molar-refractivity contribution in [2.24, 2.45) is 0 Å². The number of thioether (sulfide) groups is 1. The highest BCUT2D eigenvalue weighted by molar-refractivity contribution is 8.01. The fraction of sp³-hybridized carbons (Fsp3) is 0.464. The third kappa shape index (κ3) is 4.84. The molecule has 2 fully saturated rings. The number of hydrogen-bond acceptors (Lipinski definition) is 6. The predicted molar refractivity (Wildman–Crippen MR) is 143 cm³/mol. The maximum atomic E-state index is 14.2. The minimum absolute atomic E-state index is 0.0183. The number of benzene rings is 2. The fourth-order valence-electron chi connectivity index (χ4n) is 4.40. The first-order chi connectivity index (χ1) is 16.4. The maximum Gasteiger partial charge on any atom is 0.192 e. The molecule has 2 aromatic rings. The first-order valence-corrected chi connectivity index (χ1v) is 15.8.